The van der Waals surface area contributed by atoms with Crippen LogP contribution in [0.1, 0.15) is 59.1 Å². The first-order chi connectivity index (χ1) is 24.8. The molecule has 2 aliphatic heterocycles. The van der Waals surface area contributed by atoms with Gasteiger partial charge in [0.1, 0.15) is 22.8 Å². The van der Waals surface area contributed by atoms with Crippen molar-refractivity contribution in [2.75, 3.05) is 27.2 Å². The Bertz CT molecular complexity index is 1640. The van der Waals surface area contributed by atoms with Gasteiger partial charge in [0.25, 0.3) is 0 Å². The summed E-state index contributed by atoms with van der Waals surface area (Å²) in [5.74, 6) is -0.499. The number of rotatable bonds is 10. The quantitative estimate of drug-likeness (QED) is 0.0948. The van der Waals surface area contributed by atoms with Gasteiger partial charge in [-0.25, -0.2) is 18.5 Å². The minimum atomic E-state index is -0.555. The predicted octanol–water partition coefficient (Wildman–Crippen LogP) is 8.85. The molecule has 2 heterocycles. The van der Waals surface area contributed by atoms with Crippen LogP contribution in [0.15, 0.2) is 84.9 Å². The molecule has 2 atom stereocenters. The summed E-state index contributed by atoms with van der Waals surface area (Å²) in [6.45, 7) is 17.1. The van der Waals surface area contributed by atoms with Gasteiger partial charge in [0.2, 0.25) is 0 Å². The number of benzene rings is 4. The number of ether oxygens (including phenoxy) is 2. The van der Waals surface area contributed by atoms with Crippen molar-refractivity contribution in [2.24, 2.45) is 0 Å². The molecule has 51 heavy (non-hydrogen) atoms. The van der Waals surface area contributed by atoms with Gasteiger partial charge in [0.15, 0.2) is 11.4 Å². The van der Waals surface area contributed by atoms with Crippen LogP contribution in [-0.2, 0) is 33.9 Å². The van der Waals surface area contributed by atoms with E-state index >= 15 is 0 Å². The molecule has 2 aliphatic rings. The maximum absolute atomic E-state index is 13.3. The first-order valence-electron chi connectivity index (χ1n) is 15.9. The molecule has 13 heteroatoms. The van der Waals surface area contributed by atoms with E-state index in [9.17, 15) is 8.78 Å². The van der Waals surface area contributed by atoms with E-state index in [1.54, 1.807) is 24.3 Å². The van der Waals surface area contributed by atoms with Crippen LogP contribution in [0.3, 0.4) is 0 Å². The van der Waals surface area contributed by atoms with Crippen LogP contribution in [0.4, 0.5) is 20.2 Å². The largest absolute Gasteiger partial charge is 0.361 e. The van der Waals surface area contributed by atoms with Crippen molar-refractivity contribution in [1.82, 2.24) is 10.6 Å². The molecule has 0 aliphatic carbocycles. The molecule has 0 radical (unpaired) electrons. The molecule has 0 aromatic heterocycles. The SMILES string of the molecule is II.I[I-]I.[C-]#[N+]c1ccc2c(c1)COC2(CCCNC)c1ccc(F)cc1.[C-]#[N+]c1ccc2c(c1)CO[C@]2(CCCNC)c1ccc(F)cc1. The van der Waals surface area contributed by atoms with Crippen molar-refractivity contribution in [3.8, 4) is 0 Å². The molecule has 0 saturated carbocycles. The molecule has 4 aromatic carbocycles. The van der Waals surface area contributed by atoms with Crippen molar-refractivity contribution in [2.45, 2.75) is 50.1 Å². The summed E-state index contributed by atoms with van der Waals surface area (Å²) >= 11 is 9.54. The van der Waals surface area contributed by atoms with Crippen molar-refractivity contribution < 1.29 is 31.5 Å². The third kappa shape index (κ3) is 11.6. The van der Waals surface area contributed by atoms with Gasteiger partial charge >= 0.3 is 50.5 Å². The average molecular weight is 1260 g/mol. The van der Waals surface area contributed by atoms with Crippen LogP contribution in [0.2, 0.25) is 0 Å². The van der Waals surface area contributed by atoms with Gasteiger partial charge in [-0.2, -0.15) is 0 Å². The number of hydrogen-bond donors (Lipinski definition) is 2. The Morgan fingerprint density at radius 1 is 0.667 bits per heavy atom. The van der Waals surface area contributed by atoms with Crippen LogP contribution in [0.5, 0.6) is 0 Å². The summed E-state index contributed by atoms with van der Waals surface area (Å²) in [6.07, 6.45) is 3.50. The van der Waals surface area contributed by atoms with Crippen LogP contribution < -0.4 is 23.9 Å². The normalized spacial score (nSPS) is 18.0. The molecule has 0 fully saturated rings. The van der Waals surface area contributed by atoms with Crippen molar-refractivity contribution >= 4 is 85.8 Å². The van der Waals surface area contributed by atoms with Crippen molar-refractivity contribution in [1.29, 1.82) is 0 Å². The van der Waals surface area contributed by atoms with Crippen LogP contribution in [0, 0.1) is 24.8 Å². The van der Waals surface area contributed by atoms with E-state index in [1.807, 2.05) is 50.5 Å². The van der Waals surface area contributed by atoms with Gasteiger partial charge < -0.3 is 20.1 Å². The Kier molecular flexibility index (Phi) is 20.3. The van der Waals surface area contributed by atoms with E-state index in [2.05, 4.69) is 94.8 Å². The average Bonchev–Trinajstić information content (AvgIpc) is 3.72. The fourth-order valence-corrected chi connectivity index (χ4v) is 6.53. The minimum absolute atomic E-state index is 0.249. The van der Waals surface area contributed by atoms with Gasteiger partial charge in [0, 0.05) is 37.2 Å². The molecule has 272 valence electrons. The number of hydrogen-bond acceptors (Lipinski definition) is 4. The van der Waals surface area contributed by atoms with E-state index in [4.69, 9.17) is 22.6 Å². The third-order valence-corrected chi connectivity index (χ3v) is 8.79. The number of nitrogens with zero attached hydrogens (tertiary/aromatic N) is 2. The van der Waals surface area contributed by atoms with Gasteiger partial charge in [0.05, 0.1) is 26.4 Å². The third-order valence-electron chi connectivity index (χ3n) is 8.79. The monoisotopic (exact) mass is 1250 g/mol. The molecule has 1 unspecified atom stereocenters. The Labute approximate surface area is 353 Å². The molecule has 0 amide bonds. The second-order valence-corrected chi connectivity index (χ2v) is 27.9. The fourth-order valence-electron chi connectivity index (χ4n) is 6.53. The molecule has 4 aromatic rings. The number of fused-ring (bicyclic) bond motifs is 2. The van der Waals surface area contributed by atoms with Crippen molar-refractivity contribution in [3.63, 3.8) is 0 Å². The molecule has 0 saturated heterocycles. The standard InChI is InChI=1S/2C19H19FN2O.I3.I2/c2*1-21-11-3-10-19(15-4-6-16(20)7-5-15)18-9-8-17(22-2)12-14(18)13-23-19;1-3-2;1-2/h2*4-9,12,21H,3,10-11,13H2,1H3;;/q;;-1;/t19-;;;/m1.../s1. The summed E-state index contributed by atoms with van der Waals surface area (Å²) in [5, 5.41) is 6.31. The Morgan fingerprint density at radius 3 is 1.33 bits per heavy atom. The summed E-state index contributed by atoms with van der Waals surface area (Å²) in [4.78, 5) is 6.98. The van der Waals surface area contributed by atoms with Crippen LogP contribution in [-0.4, -0.2) is 27.2 Å². The zero-order chi connectivity index (χ0) is 37.3. The zero-order valence-corrected chi connectivity index (χ0v) is 38.9. The van der Waals surface area contributed by atoms with E-state index in [0.29, 0.717) is 37.8 Å². The van der Waals surface area contributed by atoms with Gasteiger partial charge in [-0.15, -0.1) is 0 Å². The minimum Gasteiger partial charge on any atom is -0.361 e. The Morgan fingerprint density at radius 2 is 1.02 bits per heavy atom. The Balaban J connectivity index is 0.000000245. The molecule has 2 N–H and O–H groups in total. The number of nitrogens with one attached hydrogen (secondary N) is 2. The number of halogens is 7. The smallest absolute Gasteiger partial charge is 0.187 e. The first-order valence-corrected chi connectivity index (χ1v) is 34.8. The molecule has 0 bridgehead atoms. The second-order valence-electron chi connectivity index (χ2n) is 11.6. The summed E-state index contributed by atoms with van der Waals surface area (Å²) < 4.78 is 39.1. The predicted molar refractivity (Wildman–Crippen MR) is 232 cm³/mol. The topological polar surface area (TPSA) is 51.2 Å². The van der Waals surface area contributed by atoms with E-state index in [0.717, 1.165) is 72.2 Å². The fraction of sp³-hybridized carbons (Fsp3) is 0.316. The van der Waals surface area contributed by atoms with E-state index in [-0.39, 0.29) is 11.6 Å². The maximum Gasteiger partial charge on any atom is 0.187 e. The van der Waals surface area contributed by atoms with Crippen LogP contribution >= 0.6 is 74.5 Å². The van der Waals surface area contributed by atoms with E-state index < -0.39 is 11.2 Å². The summed E-state index contributed by atoms with van der Waals surface area (Å²) in [6, 6.07) is 24.5. The summed E-state index contributed by atoms with van der Waals surface area (Å²) in [7, 11) is 3.85. The van der Waals surface area contributed by atoms with Gasteiger partial charge in [-0.1, -0.05) is 60.7 Å². The molecule has 0 spiro atoms. The van der Waals surface area contributed by atoms with Crippen molar-refractivity contribution in [3.05, 3.63) is 153 Å². The second kappa shape index (κ2) is 23.2. The maximum atomic E-state index is 13.3. The molecular weight excluding hydrogens is 1220 g/mol. The Hall–Kier alpha value is -0.790. The molecule has 6 rings (SSSR count). The van der Waals surface area contributed by atoms with Gasteiger partial charge in [-0.05, 0) is 111 Å². The van der Waals surface area contributed by atoms with Gasteiger partial charge in [-0.3, -0.25) is 0 Å². The molecule has 6 nitrogen and oxygen atoms in total. The zero-order valence-electron chi connectivity index (χ0n) is 28.1. The van der Waals surface area contributed by atoms with Crippen LogP contribution in [0.25, 0.3) is 9.69 Å². The molecular formula is C38H38F2I5N4O2-. The first kappa shape index (κ1) is 44.6. The van der Waals surface area contributed by atoms with E-state index in [1.165, 1.54) is 24.3 Å². The summed E-state index contributed by atoms with van der Waals surface area (Å²) in [5.41, 5.74) is 6.34.